The highest BCUT2D eigenvalue weighted by atomic mass is 16.3. The molecule has 0 aliphatic carbocycles. The maximum Gasteiger partial charge on any atom is 0.238 e. The average Bonchev–Trinajstić information content (AvgIpc) is 3.85. The Hall–Kier alpha value is -7.05. The third-order valence-electron chi connectivity index (χ3n) is 9.98. The summed E-state index contributed by atoms with van der Waals surface area (Å²) < 4.78 is 10.6. The normalized spacial score (nSPS) is 11.9. The second kappa shape index (κ2) is 10.7. The van der Waals surface area contributed by atoms with Gasteiger partial charge in [-0.3, -0.25) is 4.57 Å². The molecule has 0 saturated heterocycles. The Labute approximate surface area is 291 Å². The summed E-state index contributed by atoms with van der Waals surface area (Å²) in [7, 11) is 0. The van der Waals surface area contributed by atoms with Crippen molar-refractivity contribution in [2.24, 2.45) is 0 Å². The highest BCUT2D eigenvalue weighted by molar-refractivity contribution is 6.10. The Morgan fingerprint density at radius 1 is 0.353 bits per heavy atom. The summed E-state index contributed by atoms with van der Waals surface area (Å²) in [6.45, 7) is 0. The number of fused-ring (bicyclic) bond motifs is 9. The summed E-state index contributed by atoms with van der Waals surface area (Å²) >= 11 is 0. The van der Waals surface area contributed by atoms with E-state index in [1.54, 1.807) is 0 Å². The molecule has 0 aliphatic heterocycles. The summed E-state index contributed by atoms with van der Waals surface area (Å²) in [5.74, 6) is 1.75. The van der Waals surface area contributed by atoms with Crippen LogP contribution in [0.2, 0.25) is 0 Å². The molecular weight excluding hydrogens is 627 g/mol. The minimum atomic E-state index is 0.562. The van der Waals surface area contributed by atoms with E-state index in [1.807, 2.05) is 30.3 Å². The molecule has 51 heavy (non-hydrogen) atoms. The van der Waals surface area contributed by atoms with Crippen molar-refractivity contribution >= 4 is 65.6 Å². The zero-order valence-electron chi connectivity index (χ0n) is 27.2. The number of aromatic nitrogens is 5. The van der Waals surface area contributed by atoms with Crippen LogP contribution >= 0.6 is 0 Å². The van der Waals surface area contributed by atoms with Crippen LogP contribution in [-0.4, -0.2) is 24.1 Å². The number of rotatable bonds is 4. The van der Waals surface area contributed by atoms with Gasteiger partial charge in [0.2, 0.25) is 5.95 Å². The van der Waals surface area contributed by atoms with Gasteiger partial charge < -0.3 is 8.98 Å². The van der Waals surface area contributed by atoms with Crippen molar-refractivity contribution in [2.45, 2.75) is 0 Å². The largest absolute Gasteiger partial charge is 0.456 e. The second-order valence-electron chi connectivity index (χ2n) is 12.9. The first kappa shape index (κ1) is 27.9. The summed E-state index contributed by atoms with van der Waals surface area (Å²) in [5.41, 5.74) is 8.89. The number of hydrogen-bond donors (Lipinski definition) is 0. The molecule has 0 amide bonds. The zero-order valence-corrected chi connectivity index (χ0v) is 27.2. The van der Waals surface area contributed by atoms with Crippen LogP contribution in [0.25, 0.3) is 100.0 Å². The summed E-state index contributed by atoms with van der Waals surface area (Å²) in [6, 6.07) is 56.8. The van der Waals surface area contributed by atoms with Crippen molar-refractivity contribution in [3.63, 3.8) is 0 Å². The molecule has 11 rings (SSSR count). The van der Waals surface area contributed by atoms with Crippen LogP contribution in [0, 0.1) is 0 Å². The molecular formula is C45H27N5O. The topological polar surface area (TPSA) is 61.7 Å². The molecule has 0 unspecified atom stereocenters. The SMILES string of the molecule is c1cc(-c2nc(-c3ccc4oc5ccccc5c4c3)nc(-n3c4ccccc4c4ccccc43)n2)cc(-n2c3ccccc3c3ccccc32)c1. The fraction of sp³-hybridized carbons (Fsp3) is 0. The first-order valence-corrected chi connectivity index (χ1v) is 17.0. The lowest BCUT2D eigenvalue weighted by Crippen LogP contribution is -2.06. The van der Waals surface area contributed by atoms with Gasteiger partial charge in [0.25, 0.3) is 0 Å². The number of para-hydroxylation sites is 5. The van der Waals surface area contributed by atoms with E-state index in [0.717, 1.165) is 71.6 Å². The van der Waals surface area contributed by atoms with E-state index < -0.39 is 0 Å². The first-order valence-electron chi connectivity index (χ1n) is 17.0. The molecule has 0 atom stereocenters. The lowest BCUT2D eigenvalue weighted by molar-refractivity contribution is 0.669. The van der Waals surface area contributed by atoms with Crippen LogP contribution in [0.3, 0.4) is 0 Å². The Balaban J connectivity index is 1.17. The minimum absolute atomic E-state index is 0.562. The number of hydrogen-bond acceptors (Lipinski definition) is 4. The van der Waals surface area contributed by atoms with E-state index in [2.05, 4.69) is 143 Å². The van der Waals surface area contributed by atoms with E-state index in [4.69, 9.17) is 19.4 Å². The number of benzene rings is 7. The van der Waals surface area contributed by atoms with Gasteiger partial charge in [0, 0.05) is 49.1 Å². The highest BCUT2D eigenvalue weighted by Crippen LogP contribution is 2.36. The van der Waals surface area contributed by atoms with Crippen LogP contribution in [0.1, 0.15) is 0 Å². The van der Waals surface area contributed by atoms with Gasteiger partial charge in [0.15, 0.2) is 11.6 Å². The van der Waals surface area contributed by atoms with E-state index in [9.17, 15) is 0 Å². The third-order valence-corrected chi connectivity index (χ3v) is 9.98. The third kappa shape index (κ3) is 4.20. The standard InChI is InChI=1S/C45H27N5O/c1-6-19-37-31(14-1)32-15-2-7-20-38(32)49(37)30-13-11-12-28(26-30)43-46-44(29-24-25-42-36(27-29)35-18-5-10-23-41(35)51-42)48-45(47-43)50-39-21-8-3-16-33(39)34-17-4-9-22-40(34)50/h1-27H. The molecule has 0 fully saturated rings. The molecule has 0 bridgehead atoms. The Bertz CT molecular complexity index is 3060. The van der Waals surface area contributed by atoms with Crippen molar-refractivity contribution in [1.29, 1.82) is 0 Å². The predicted molar refractivity (Wildman–Crippen MR) is 207 cm³/mol. The van der Waals surface area contributed by atoms with Crippen molar-refractivity contribution in [3.05, 3.63) is 164 Å². The summed E-state index contributed by atoms with van der Waals surface area (Å²) in [6.07, 6.45) is 0. The molecule has 6 heteroatoms. The van der Waals surface area contributed by atoms with Crippen LogP contribution < -0.4 is 0 Å². The van der Waals surface area contributed by atoms with Gasteiger partial charge >= 0.3 is 0 Å². The minimum Gasteiger partial charge on any atom is -0.456 e. The van der Waals surface area contributed by atoms with E-state index >= 15 is 0 Å². The number of nitrogens with zero attached hydrogens (tertiary/aromatic N) is 5. The van der Waals surface area contributed by atoms with Gasteiger partial charge in [0.1, 0.15) is 11.2 Å². The van der Waals surface area contributed by atoms with Crippen LogP contribution in [-0.2, 0) is 0 Å². The molecule has 0 N–H and O–H groups in total. The molecule has 6 nitrogen and oxygen atoms in total. The van der Waals surface area contributed by atoms with Gasteiger partial charge in [-0.05, 0) is 60.7 Å². The predicted octanol–water partition coefficient (Wildman–Crippen LogP) is 11.3. The van der Waals surface area contributed by atoms with Crippen LogP contribution in [0.5, 0.6) is 0 Å². The van der Waals surface area contributed by atoms with Gasteiger partial charge in [-0.2, -0.15) is 9.97 Å². The Kier molecular flexibility index (Phi) is 5.86. The van der Waals surface area contributed by atoms with Crippen molar-refractivity contribution in [3.8, 4) is 34.4 Å². The zero-order chi connectivity index (χ0) is 33.5. The van der Waals surface area contributed by atoms with Gasteiger partial charge in [-0.25, -0.2) is 4.98 Å². The molecule has 0 radical (unpaired) electrons. The maximum absolute atomic E-state index is 6.17. The van der Waals surface area contributed by atoms with Crippen molar-refractivity contribution in [1.82, 2.24) is 24.1 Å². The van der Waals surface area contributed by atoms with Gasteiger partial charge in [0.05, 0.1) is 22.1 Å². The highest BCUT2D eigenvalue weighted by Gasteiger charge is 2.19. The lowest BCUT2D eigenvalue weighted by Gasteiger charge is -2.12. The average molecular weight is 654 g/mol. The molecule has 238 valence electrons. The Morgan fingerprint density at radius 3 is 1.45 bits per heavy atom. The number of furan rings is 1. The fourth-order valence-electron chi connectivity index (χ4n) is 7.71. The quantitative estimate of drug-likeness (QED) is 0.190. The second-order valence-corrected chi connectivity index (χ2v) is 12.9. The molecule has 0 saturated carbocycles. The molecule has 11 aromatic rings. The van der Waals surface area contributed by atoms with Gasteiger partial charge in [-0.1, -0.05) is 103 Å². The van der Waals surface area contributed by atoms with E-state index in [1.165, 1.54) is 10.8 Å². The fourth-order valence-corrected chi connectivity index (χ4v) is 7.71. The lowest BCUT2D eigenvalue weighted by atomic mass is 10.1. The van der Waals surface area contributed by atoms with Crippen LogP contribution in [0.15, 0.2) is 168 Å². The summed E-state index contributed by atoms with van der Waals surface area (Å²) in [4.78, 5) is 15.6. The molecule has 4 aromatic heterocycles. The maximum atomic E-state index is 6.17. The Morgan fingerprint density at radius 2 is 0.843 bits per heavy atom. The van der Waals surface area contributed by atoms with E-state index in [0.29, 0.717) is 17.6 Å². The molecule has 7 aromatic carbocycles. The molecule has 0 aliphatic rings. The first-order chi connectivity index (χ1) is 25.3. The van der Waals surface area contributed by atoms with Gasteiger partial charge in [-0.15, -0.1) is 0 Å². The van der Waals surface area contributed by atoms with Crippen molar-refractivity contribution < 1.29 is 4.42 Å². The summed E-state index contributed by atoms with van der Waals surface area (Å²) in [5, 5.41) is 6.82. The molecule has 4 heterocycles. The van der Waals surface area contributed by atoms with E-state index in [-0.39, 0.29) is 0 Å². The van der Waals surface area contributed by atoms with Crippen LogP contribution in [0.4, 0.5) is 0 Å². The smallest absolute Gasteiger partial charge is 0.238 e. The monoisotopic (exact) mass is 653 g/mol. The van der Waals surface area contributed by atoms with Crippen molar-refractivity contribution in [2.75, 3.05) is 0 Å². The molecule has 0 spiro atoms.